The Morgan fingerprint density at radius 2 is 1.76 bits per heavy atom. The van der Waals surface area contributed by atoms with Crippen LogP contribution in [0.15, 0.2) is 24.3 Å². The highest BCUT2D eigenvalue weighted by atomic mass is 35.5. The molecule has 0 heterocycles. The minimum absolute atomic E-state index is 0.0485. The number of carbonyl (C=O) groups is 1. The Bertz CT molecular complexity index is 452. The van der Waals surface area contributed by atoms with E-state index in [-0.39, 0.29) is 24.3 Å². The Labute approximate surface area is 132 Å². The lowest BCUT2D eigenvalue weighted by atomic mass is 9.87. The van der Waals surface area contributed by atoms with Crippen LogP contribution in [-0.4, -0.2) is 23.2 Å². The van der Waals surface area contributed by atoms with E-state index in [1.54, 1.807) is 12.1 Å². The van der Waals surface area contributed by atoms with Crippen LogP contribution < -0.4 is 5.32 Å². The summed E-state index contributed by atoms with van der Waals surface area (Å²) in [6, 6.07) is 7.37. The van der Waals surface area contributed by atoms with Crippen molar-refractivity contribution in [3.8, 4) is 0 Å². The van der Waals surface area contributed by atoms with Gasteiger partial charge in [0.1, 0.15) is 0 Å². The molecule has 1 aromatic rings. The van der Waals surface area contributed by atoms with Crippen molar-refractivity contribution in [3.05, 3.63) is 34.9 Å². The van der Waals surface area contributed by atoms with E-state index in [0.717, 1.165) is 5.56 Å². The number of aliphatic hydroxyl groups is 1. The second-order valence-corrected chi connectivity index (χ2v) is 6.36. The zero-order valence-corrected chi connectivity index (χ0v) is 14.1. The van der Waals surface area contributed by atoms with Gasteiger partial charge in [-0.2, -0.15) is 0 Å². The first-order valence-corrected chi connectivity index (χ1v) is 7.96. The largest absolute Gasteiger partial charge is 0.388 e. The van der Waals surface area contributed by atoms with Gasteiger partial charge in [-0.3, -0.25) is 4.79 Å². The monoisotopic (exact) mass is 311 g/mol. The van der Waals surface area contributed by atoms with Gasteiger partial charge in [0.15, 0.2) is 0 Å². The lowest BCUT2D eigenvalue weighted by Gasteiger charge is -2.28. The molecule has 1 rings (SSSR count). The Hall–Kier alpha value is -1.06. The zero-order valence-electron chi connectivity index (χ0n) is 13.3. The Kier molecular flexibility index (Phi) is 6.69. The molecule has 1 aromatic carbocycles. The summed E-state index contributed by atoms with van der Waals surface area (Å²) >= 11 is 5.90. The predicted molar refractivity (Wildman–Crippen MR) is 87.6 cm³/mol. The van der Waals surface area contributed by atoms with E-state index in [1.165, 1.54) is 0 Å². The summed E-state index contributed by atoms with van der Waals surface area (Å²) in [4.78, 5) is 12.5. The van der Waals surface area contributed by atoms with Gasteiger partial charge in [-0.05, 0) is 36.5 Å². The fraction of sp³-hybridized carbons (Fsp3) is 0.588. The number of amides is 1. The third kappa shape index (κ3) is 5.01. The van der Waals surface area contributed by atoms with Crippen LogP contribution in [0.5, 0.6) is 0 Å². The van der Waals surface area contributed by atoms with Crippen LogP contribution in [0.2, 0.25) is 5.02 Å². The van der Waals surface area contributed by atoms with Crippen molar-refractivity contribution in [2.24, 2.45) is 5.92 Å². The van der Waals surface area contributed by atoms with Crippen LogP contribution in [0.25, 0.3) is 0 Å². The lowest BCUT2D eigenvalue weighted by molar-refractivity contribution is -0.124. The van der Waals surface area contributed by atoms with Gasteiger partial charge in [0.25, 0.3) is 0 Å². The smallest absolute Gasteiger partial charge is 0.227 e. The van der Waals surface area contributed by atoms with Gasteiger partial charge in [0.05, 0.1) is 11.5 Å². The van der Waals surface area contributed by atoms with E-state index < -0.39 is 5.60 Å². The Balaban J connectivity index is 2.82. The summed E-state index contributed by atoms with van der Waals surface area (Å²) in [5.41, 5.74) is 0.125. The molecule has 1 atom stereocenters. The summed E-state index contributed by atoms with van der Waals surface area (Å²) in [7, 11) is 0. The SMILES string of the molecule is CCC(O)(CC)CNC(=O)C(c1ccc(Cl)cc1)C(C)C. The summed E-state index contributed by atoms with van der Waals surface area (Å²) in [5.74, 6) is -0.115. The third-order valence-corrected chi connectivity index (χ3v) is 4.34. The van der Waals surface area contributed by atoms with E-state index >= 15 is 0 Å². The van der Waals surface area contributed by atoms with Gasteiger partial charge in [-0.25, -0.2) is 0 Å². The molecule has 4 heteroatoms. The third-order valence-electron chi connectivity index (χ3n) is 4.09. The highest BCUT2D eigenvalue weighted by Gasteiger charge is 2.28. The van der Waals surface area contributed by atoms with E-state index in [0.29, 0.717) is 17.9 Å². The number of hydrogen-bond acceptors (Lipinski definition) is 2. The van der Waals surface area contributed by atoms with Crippen molar-refractivity contribution >= 4 is 17.5 Å². The van der Waals surface area contributed by atoms with Crippen LogP contribution in [0, 0.1) is 5.92 Å². The number of nitrogens with one attached hydrogen (secondary N) is 1. The lowest BCUT2D eigenvalue weighted by Crippen LogP contribution is -2.44. The number of hydrogen-bond donors (Lipinski definition) is 2. The van der Waals surface area contributed by atoms with E-state index in [2.05, 4.69) is 5.32 Å². The first-order chi connectivity index (χ1) is 9.83. The maximum atomic E-state index is 12.5. The molecule has 21 heavy (non-hydrogen) atoms. The van der Waals surface area contributed by atoms with Crippen molar-refractivity contribution in [1.29, 1.82) is 0 Å². The molecule has 118 valence electrons. The van der Waals surface area contributed by atoms with Crippen LogP contribution in [0.3, 0.4) is 0 Å². The number of halogens is 1. The van der Waals surface area contributed by atoms with Gasteiger partial charge in [-0.1, -0.05) is 51.4 Å². The van der Waals surface area contributed by atoms with Crippen molar-refractivity contribution in [2.75, 3.05) is 6.54 Å². The van der Waals surface area contributed by atoms with Crippen LogP contribution >= 0.6 is 11.6 Å². The second-order valence-electron chi connectivity index (χ2n) is 5.92. The fourth-order valence-electron chi connectivity index (χ4n) is 2.37. The molecular weight excluding hydrogens is 286 g/mol. The second kappa shape index (κ2) is 7.81. The predicted octanol–water partition coefficient (Wildman–Crippen LogP) is 3.75. The van der Waals surface area contributed by atoms with Gasteiger partial charge in [-0.15, -0.1) is 0 Å². The van der Waals surface area contributed by atoms with Crippen molar-refractivity contribution in [3.63, 3.8) is 0 Å². The molecule has 0 aromatic heterocycles. The summed E-state index contributed by atoms with van der Waals surface area (Å²) in [6.45, 7) is 8.18. The summed E-state index contributed by atoms with van der Waals surface area (Å²) in [5, 5.41) is 13.8. The van der Waals surface area contributed by atoms with Gasteiger partial charge >= 0.3 is 0 Å². The first kappa shape index (κ1) is 18.0. The van der Waals surface area contributed by atoms with Crippen molar-refractivity contribution in [1.82, 2.24) is 5.32 Å². The summed E-state index contributed by atoms with van der Waals surface area (Å²) in [6.07, 6.45) is 1.24. The van der Waals surface area contributed by atoms with Crippen LogP contribution in [0.1, 0.15) is 52.0 Å². The Morgan fingerprint density at radius 3 is 2.19 bits per heavy atom. The number of rotatable bonds is 7. The summed E-state index contributed by atoms with van der Waals surface area (Å²) < 4.78 is 0. The molecule has 0 saturated heterocycles. The minimum Gasteiger partial charge on any atom is -0.388 e. The van der Waals surface area contributed by atoms with Gasteiger partial charge in [0.2, 0.25) is 5.91 Å². The normalized spacial score (nSPS) is 13.3. The number of benzene rings is 1. The molecule has 0 fully saturated rings. The topological polar surface area (TPSA) is 49.3 Å². The highest BCUT2D eigenvalue weighted by Crippen LogP contribution is 2.26. The molecule has 1 amide bonds. The maximum absolute atomic E-state index is 12.5. The van der Waals surface area contributed by atoms with E-state index in [9.17, 15) is 9.90 Å². The quantitative estimate of drug-likeness (QED) is 0.805. The maximum Gasteiger partial charge on any atom is 0.227 e. The van der Waals surface area contributed by atoms with Crippen molar-refractivity contribution in [2.45, 2.75) is 52.1 Å². The molecule has 0 saturated carbocycles. The zero-order chi connectivity index (χ0) is 16.0. The Morgan fingerprint density at radius 1 is 1.24 bits per heavy atom. The molecule has 0 aliphatic carbocycles. The molecule has 0 spiro atoms. The molecule has 0 bridgehead atoms. The highest BCUT2D eigenvalue weighted by molar-refractivity contribution is 6.30. The fourth-order valence-corrected chi connectivity index (χ4v) is 2.50. The average molecular weight is 312 g/mol. The van der Waals surface area contributed by atoms with E-state index in [4.69, 9.17) is 11.6 Å². The molecule has 1 unspecified atom stereocenters. The molecule has 0 aliphatic rings. The molecule has 2 N–H and O–H groups in total. The van der Waals surface area contributed by atoms with E-state index in [1.807, 2.05) is 39.8 Å². The van der Waals surface area contributed by atoms with Crippen molar-refractivity contribution < 1.29 is 9.90 Å². The minimum atomic E-state index is -0.822. The molecule has 3 nitrogen and oxygen atoms in total. The average Bonchev–Trinajstić information content (AvgIpc) is 2.46. The van der Waals surface area contributed by atoms with Crippen LogP contribution in [-0.2, 0) is 4.79 Å². The van der Waals surface area contributed by atoms with Gasteiger partial charge in [0, 0.05) is 11.6 Å². The standard InChI is InChI=1S/C17H26ClNO2/c1-5-17(21,6-2)11-19-16(20)15(12(3)4)13-7-9-14(18)10-8-13/h7-10,12,15,21H,5-6,11H2,1-4H3,(H,19,20). The molecule has 0 aliphatic heterocycles. The molecular formula is C17H26ClNO2. The number of carbonyl (C=O) groups excluding carboxylic acids is 1. The van der Waals surface area contributed by atoms with Gasteiger partial charge < -0.3 is 10.4 Å². The van der Waals surface area contributed by atoms with Crippen LogP contribution in [0.4, 0.5) is 0 Å². The first-order valence-electron chi connectivity index (χ1n) is 7.58. The molecule has 0 radical (unpaired) electrons.